The Labute approximate surface area is 161 Å². The van der Waals surface area contributed by atoms with Crippen molar-refractivity contribution in [2.24, 2.45) is 0 Å². The number of fused-ring (bicyclic) bond motifs is 3. The zero-order chi connectivity index (χ0) is 18.8. The van der Waals surface area contributed by atoms with Gasteiger partial charge in [0, 0.05) is 34.6 Å². The molecule has 2 heterocycles. The van der Waals surface area contributed by atoms with E-state index in [0.717, 1.165) is 22.4 Å². The van der Waals surface area contributed by atoms with Crippen LogP contribution < -0.4 is 10.6 Å². The number of aliphatic hydroxyl groups excluding tert-OH is 1. The minimum atomic E-state index is -0.127. The van der Waals surface area contributed by atoms with E-state index in [9.17, 15) is 4.79 Å². The Morgan fingerprint density at radius 3 is 2.96 bits per heavy atom. The molecule has 6 nitrogen and oxygen atoms in total. The van der Waals surface area contributed by atoms with Gasteiger partial charge in [-0.2, -0.15) is 0 Å². The molecule has 3 N–H and O–H groups in total. The van der Waals surface area contributed by atoms with Crippen LogP contribution in [0.15, 0.2) is 48.7 Å². The number of halogens is 1. The lowest BCUT2D eigenvalue weighted by Crippen LogP contribution is -2.12. The number of amides is 1. The molecule has 7 heteroatoms. The summed E-state index contributed by atoms with van der Waals surface area (Å²) in [5.41, 5.74) is 4.75. The van der Waals surface area contributed by atoms with Gasteiger partial charge < -0.3 is 15.7 Å². The summed E-state index contributed by atoms with van der Waals surface area (Å²) in [5.74, 6) is 0.309. The van der Waals surface area contributed by atoms with Crippen LogP contribution in [-0.4, -0.2) is 27.6 Å². The monoisotopic (exact) mass is 380 g/mol. The minimum absolute atomic E-state index is 0.0964. The van der Waals surface area contributed by atoms with Gasteiger partial charge in [0.1, 0.15) is 0 Å². The SMILES string of the molecule is O=C1Cc2cnc(Nc3cccc(CCO)c3)nc2-c2ccc(Cl)cc2N1. The number of hydrogen-bond acceptors (Lipinski definition) is 5. The van der Waals surface area contributed by atoms with Crippen molar-refractivity contribution in [1.82, 2.24) is 9.97 Å². The van der Waals surface area contributed by atoms with Crippen LogP contribution in [0.5, 0.6) is 0 Å². The number of aliphatic hydroxyl groups is 1. The predicted octanol–water partition coefficient (Wildman–Crippen LogP) is 3.57. The molecule has 2 aromatic carbocycles. The number of nitrogens with zero attached hydrogens (tertiary/aromatic N) is 2. The van der Waals surface area contributed by atoms with E-state index in [0.29, 0.717) is 28.8 Å². The van der Waals surface area contributed by atoms with Crippen LogP contribution >= 0.6 is 11.6 Å². The molecule has 1 aromatic heterocycles. The van der Waals surface area contributed by atoms with Crippen molar-refractivity contribution in [2.75, 3.05) is 17.2 Å². The third-order valence-electron chi connectivity index (χ3n) is 4.31. The third-order valence-corrected chi connectivity index (χ3v) is 4.55. The van der Waals surface area contributed by atoms with Crippen LogP contribution in [0.3, 0.4) is 0 Å². The van der Waals surface area contributed by atoms with Gasteiger partial charge in [-0.15, -0.1) is 0 Å². The molecule has 1 aliphatic rings. The van der Waals surface area contributed by atoms with E-state index < -0.39 is 0 Å². The highest BCUT2D eigenvalue weighted by atomic mass is 35.5. The first-order chi connectivity index (χ1) is 13.1. The van der Waals surface area contributed by atoms with Crippen LogP contribution in [0, 0.1) is 0 Å². The summed E-state index contributed by atoms with van der Waals surface area (Å²) in [4.78, 5) is 21.1. The Kier molecular flexibility index (Phi) is 4.75. The fourth-order valence-electron chi connectivity index (χ4n) is 3.09. The van der Waals surface area contributed by atoms with Crippen LogP contribution in [0.4, 0.5) is 17.3 Å². The zero-order valence-corrected chi connectivity index (χ0v) is 15.1. The van der Waals surface area contributed by atoms with Gasteiger partial charge in [0.15, 0.2) is 0 Å². The fourth-order valence-corrected chi connectivity index (χ4v) is 3.26. The molecule has 1 aliphatic heterocycles. The van der Waals surface area contributed by atoms with Gasteiger partial charge in [0.2, 0.25) is 11.9 Å². The van der Waals surface area contributed by atoms with Crippen molar-refractivity contribution in [2.45, 2.75) is 12.8 Å². The topological polar surface area (TPSA) is 87.1 Å². The lowest BCUT2D eigenvalue weighted by molar-refractivity contribution is -0.115. The molecule has 0 spiro atoms. The first kappa shape index (κ1) is 17.5. The number of anilines is 3. The molecule has 3 aromatic rings. The molecule has 0 atom stereocenters. The number of benzene rings is 2. The second kappa shape index (κ2) is 7.34. The molecule has 0 radical (unpaired) electrons. The summed E-state index contributed by atoms with van der Waals surface area (Å²) in [6.07, 6.45) is 2.46. The summed E-state index contributed by atoms with van der Waals surface area (Å²) in [6, 6.07) is 13.1. The summed E-state index contributed by atoms with van der Waals surface area (Å²) in [5, 5.41) is 15.7. The van der Waals surface area contributed by atoms with Crippen molar-refractivity contribution in [3.05, 3.63) is 64.8 Å². The lowest BCUT2D eigenvalue weighted by atomic mass is 10.1. The maximum absolute atomic E-state index is 12.1. The Morgan fingerprint density at radius 2 is 2.11 bits per heavy atom. The van der Waals surface area contributed by atoms with Crippen molar-refractivity contribution < 1.29 is 9.90 Å². The first-order valence-electron chi connectivity index (χ1n) is 8.55. The Bertz CT molecular complexity index is 1020. The Hall–Kier alpha value is -2.96. The Morgan fingerprint density at radius 1 is 1.22 bits per heavy atom. The van der Waals surface area contributed by atoms with Crippen LogP contribution in [-0.2, 0) is 17.6 Å². The normalized spacial score (nSPS) is 12.6. The van der Waals surface area contributed by atoms with E-state index in [2.05, 4.69) is 20.6 Å². The molecule has 0 fully saturated rings. The molecule has 1 amide bonds. The number of aromatic nitrogens is 2. The van der Waals surface area contributed by atoms with Gasteiger partial charge in [0.05, 0.1) is 17.8 Å². The maximum atomic E-state index is 12.1. The predicted molar refractivity (Wildman–Crippen MR) is 105 cm³/mol. The van der Waals surface area contributed by atoms with Gasteiger partial charge in [-0.05, 0) is 42.3 Å². The highest BCUT2D eigenvalue weighted by molar-refractivity contribution is 6.31. The fraction of sp³-hybridized carbons (Fsp3) is 0.150. The van der Waals surface area contributed by atoms with E-state index in [4.69, 9.17) is 16.7 Å². The average Bonchev–Trinajstić information content (AvgIpc) is 2.77. The van der Waals surface area contributed by atoms with Crippen LogP contribution in [0.1, 0.15) is 11.1 Å². The zero-order valence-electron chi connectivity index (χ0n) is 14.4. The molecule has 0 aliphatic carbocycles. The summed E-state index contributed by atoms with van der Waals surface area (Å²) in [6.45, 7) is 0.0964. The lowest BCUT2D eigenvalue weighted by Gasteiger charge is -2.11. The second-order valence-corrected chi connectivity index (χ2v) is 6.72. The molecular weight excluding hydrogens is 364 g/mol. The molecule has 0 unspecified atom stereocenters. The number of carbonyl (C=O) groups excluding carboxylic acids is 1. The number of rotatable bonds is 4. The summed E-state index contributed by atoms with van der Waals surface area (Å²) in [7, 11) is 0. The number of hydrogen-bond donors (Lipinski definition) is 3. The van der Waals surface area contributed by atoms with Gasteiger partial charge in [-0.3, -0.25) is 4.79 Å². The molecular formula is C20H17ClN4O2. The average molecular weight is 381 g/mol. The summed E-state index contributed by atoms with van der Waals surface area (Å²) < 4.78 is 0. The number of carbonyl (C=O) groups is 1. The minimum Gasteiger partial charge on any atom is -0.396 e. The number of nitrogens with one attached hydrogen (secondary N) is 2. The maximum Gasteiger partial charge on any atom is 0.228 e. The van der Waals surface area contributed by atoms with Crippen LogP contribution in [0.2, 0.25) is 5.02 Å². The van der Waals surface area contributed by atoms with E-state index in [-0.39, 0.29) is 18.9 Å². The van der Waals surface area contributed by atoms with Gasteiger partial charge in [-0.25, -0.2) is 9.97 Å². The molecule has 0 saturated heterocycles. The van der Waals surface area contributed by atoms with Gasteiger partial charge in [0.25, 0.3) is 0 Å². The highest BCUT2D eigenvalue weighted by Crippen LogP contribution is 2.34. The van der Waals surface area contributed by atoms with Crippen molar-refractivity contribution in [1.29, 1.82) is 0 Å². The van der Waals surface area contributed by atoms with E-state index in [1.807, 2.05) is 30.3 Å². The molecule has 4 rings (SSSR count). The largest absolute Gasteiger partial charge is 0.396 e. The Balaban J connectivity index is 1.72. The van der Waals surface area contributed by atoms with Crippen molar-refractivity contribution in [3.8, 4) is 11.3 Å². The van der Waals surface area contributed by atoms with Crippen LogP contribution in [0.25, 0.3) is 11.3 Å². The first-order valence-corrected chi connectivity index (χ1v) is 8.93. The second-order valence-electron chi connectivity index (χ2n) is 6.28. The quantitative estimate of drug-likeness (QED) is 0.644. The third kappa shape index (κ3) is 3.77. The summed E-state index contributed by atoms with van der Waals surface area (Å²) >= 11 is 6.07. The highest BCUT2D eigenvalue weighted by Gasteiger charge is 2.21. The van der Waals surface area contributed by atoms with Gasteiger partial charge >= 0.3 is 0 Å². The molecule has 0 bridgehead atoms. The van der Waals surface area contributed by atoms with Crippen molar-refractivity contribution in [3.63, 3.8) is 0 Å². The smallest absolute Gasteiger partial charge is 0.228 e. The van der Waals surface area contributed by atoms with Gasteiger partial charge in [-0.1, -0.05) is 23.7 Å². The van der Waals surface area contributed by atoms with E-state index >= 15 is 0 Å². The molecule has 136 valence electrons. The molecule has 0 saturated carbocycles. The van der Waals surface area contributed by atoms with E-state index in [1.54, 1.807) is 18.3 Å². The standard InChI is InChI=1S/C20H17ClN4O2/c21-14-4-5-16-17(10-14)24-18(27)9-13-11-22-20(25-19(13)16)23-15-3-1-2-12(8-15)6-7-26/h1-5,8,10-11,26H,6-7,9H2,(H,24,27)(H,22,23,25). The van der Waals surface area contributed by atoms with E-state index in [1.165, 1.54) is 0 Å². The molecule has 27 heavy (non-hydrogen) atoms. The van der Waals surface area contributed by atoms with Crippen molar-refractivity contribution >= 4 is 34.8 Å².